The van der Waals surface area contributed by atoms with Gasteiger partial charge in [-0.05, 0) is 31.0 Å². The third kappa shape index (κ3) is 2.86. The first-order valence-electron chi connectivity index (χ1n) is 8.97. The Morgan fingerprint density at radius 1 is 1.11 bits per heavy atom. The molecule has 4 aromatic rings. The number of hydrogen-bond donors (Lipinski definition) is 2. The summed E-state index contributed by atoms with van der Waals surface area (Å²) in [7, 11) is 1.63. The van der Waals surface area contributed by atoms with Gasteiger partial charge in [0.1, 0.15) is 17.0 Å². The minimum Gasteiger partial charge on any atom is -0.495 e. The lowest BCUT2D eigenvalue weighted by molar-refractivity contribution is 0.417. The molecular formula is C19H18N8O. The Morgan fingerprint density at radius 3 is 2.75 bits per heavy atom. The van der Waals surface area contributed by atoms with Crippen molar-refractivity contribution in [1.82, 2.24) is 29.5 Å². The second-order valence-electron chi connectivity index (χ2n) is 6.56. The van der Waals surface area contributed by atoms with Gasteiger partial charge in [0.25, 0.3) is 0 Å². The molecule has 0 radical (unpaired) electrons. The maximum atomic E-state index is 5.76. The molecule has 3 N–H and O–H groups in total. The molecule has 0 amide bonds. The maximum Gasteiger partial charge on any atom is 0.229 e. The summed E-state index contributed by atoms with van der Waals surface area (Å²) in [6.45, 7) is 0. The number of hydrogen-bond acceptors (Lipinski definition) is 8. The van der Waals surface area contributed by atoms with Gasteiger partial charge >= 0.3 is 0 Å². The molecule has 0 bridgehead atoms. The second-order valence-corrected chi connectivity index (χ2v) is 6.56. The minimum atomic E-state index is 0.219. The smallest absolute Gasteiger partial charge is 0.229 e. The third-order valence-electron chi connectivity index (χ3n) is 4.60. The number of nitrogens with one attached hydrogen (secondary N) is 1. The topological polar surface area (TPSA) is 117 Å². The Labute approximate surface area is 160 Å². The normalized spacial score (nSPS) is 13.6. The SMILES string of the molecule is COc1ccccc1Nc1ncc2nc(-c3ccnc(N)n3)n(C3CC3)c2n1. The highest BCUT2D eigenvalue weighted by molar-refractivity contribution is 5.78. The molecule has 1 aliphatic carbocycles. The van der Waals surface area contributed by atoms with Crippen molar-refractivity contribution in [3.63, 3.8) is 0 Å². The van der Waals surface area contributed by atoms with Crippen LogP contribution in [0, 0.1) is 0 Å². The lowest BCUT2D eigenvalue weighted by Crippen LogP contribution is -2.04. The molecule has 0 atom stereocenters. The van der Waals surface area contributed by atoms with Gasteiger partial charge < -0.3 is 20.4 Å². The fraction of sp³-hybridized carbons (Fsp3) is 0.211. The number of aromatic nitrogens is 6. The van der Waals surface area contributed by atoms with Crippen LogP contribution < -0.4 is 15.8 Å². The third-order valence-corrected chi connectivity index (χ3v) is 4.60. The maximum absolute atomic E-state index is 5.76. The minimum absolute atomic E-state index is 0.219. The first-order valence-corrected chi connectivity index (χ1v) is 8.97. The van der Waals surface area contributed by atoms with Crippen LogP contribution in [0.1, 0.15) is 18.9 Å². The number of nitrogen functional groups attached to an aromatic ring is 1. The number of imidazole rings is 1. The number of rotatable bonds is 5. The van der Waals surface area contributed by atoms with Crippen LogP contribution in [0.5, 0.6) is 5.75 Å². The van der Waals surface area contributed by atoms with Crippen LogP contribution in [0.2, 0.25) is 0 Å². The Hall–Kier alpha value is -3.75. The van der Waals surface area contributed by atoms with Crippen LogP contribution in [0.3, 0.4) is 0 Å². The Balaban J connectivity index is 1.61. The molecule has 1 aromatic carbocycles. The molecule has 1 aliphatic rings. The predicted octanol–water partition coefficient (Wildman–Crippen LogP) is 2.95. The summed E-state index contributed by atoms with van der Waals surface area (Å²) in [5.74, 6) is 2.15. The summed E-state index contributed by atoms with van der Waals surface area (Å²) in [6.07, 6.45) is 5.51. The summed E-state index contributed by atoms with van der Waals surface area (Å²) in [5, 5.41) is 3.23. The van der Waals surface area contributed by atoms with Crippen LogP contribution in [0.4, 0.5) is 17.6 Å². The predicted molar refractivity (Wildman–Crippen MR) is 105 cm³/mol. The van der Waals surface area contributed by atoms with E-state index in [9.17, 15) is 0 Å². The van der Waals surface area contributed by atoms with Gasteiger partial charge in [0.2, 0.25) is 11.9 Å². The van der Waals surface area contributed by atoms with Gasteiger partial charge in [-0.25, -0.2) is 19.9 Å². The number of ether oxygens (including phenoxy) is 1. The van der Waals surface area contributed by atoms with Gasteiger partial charge in [0, 0.05) is 12.2 Å². The van der Waals surface area contributed by atoms with E-state index in [1.165, 1.54) is 0 Å². The van der Waals surface area contributed by atoms with Gasteiger partial charge in [0.05, 0.1) is 19.0 Å². The molecule has 28 heavy (non-hydrogen) atoms. The fourth-order valence-electron chi connectivity index (χ4n) is 3.18. The number of nitrogens with zero attached hydrogens (tertiary/aromatic N) is 6. The Bertz CT molecular complexity index is 1170. The number of nitrogens with two attached hydrogens (primary N) is 1. The molecule has 5 rings (SSSR count). The fourth-order valence-corrected chi connectivity index (χ4v) is 3.18. The first kappa shape index (κ1) is 16.4. The number of para-hydroxylation sites is 2. The van der Waals surface area contributed by atoms with Crippen LogP contribution in [0.15, 0.2) is 42.7 Å². The number of anilines is 3. The molecule has 3 aromatic heterocycles. The molecule has 140 valence electrons. The lowest BCUT2D eigenvalue weighted by Gasteiger charge is -2.10. The van der Waals surface area contributed by atoms with E-state index in [2.05, 4.69) is 24.8 Å². The summed E-state index contributed by atoms with van der Waals surface area (Å²) in [4.78, 5) is 22.1. The molecule has 9 nitrogen and oxygen atoms in total. The molecule has 0 saturated heterocycles. The molecular weight excluding hydrogens is 356 g/mol. The number of benzene rings is 1. The van der Waals surface area contributed by atoms with Crippen molar-refractivity contribution in [2.75, 3.05) is 18.2 Å². The molecule has 9 heteroatoms. The van der Waals surface area contributed by atoms with Gasteiger partial charge in [-0.15, -0.1) is 0 Å². The zero-order valence-corrected chi connectivity index (χ0v) is 15.2. The van der Waals surface area contributed by atoms with Crippen molar-refractivity contribution >= 4 is 28.7 Å². The highest BCUT2D eigenvalue weighted by Crippen LogP contribution is 2.40. The van der Waals surface area contributed by atoms with Gasteiger partial charge in [0.15, 0.2) is 11.5 Å². The van der Waals surface area contributed by atoms with Gasteiger partial charge in [-0.3, -0.25) is 0 Å². The van der Waals surface area contributed by atoms with Crippen LogP contribution in [-0.4, -0.2) is 36.6 Å². The van der Waals surface area contributed by atoms with Crippen molar-refractivity contribution < 1.29 is 4.74 Å². The summed E-state index contributed by atoms with van der Waals surface area (Å²) in [6, 6.07) is 9.79. The molecule has 0 spiro atoms. The van der Waals surface area contributed by atoms with Crippen molar-refractivity contribution in [2.24, 2.45) is 0 Å². The van der Waals surface area contributed by atoms with Crippen molar-refractivity contribution in [3.8, 4) is 17.3 Å². The quantitative estimate of drug-likeness (QED) is 0.548. The number of methoxy groups -OCH3 is 1. The van der Waals surface area contributed by atoms with Gasteiger partial charge in [-0.1, -0.05) is 12.1 Å². The highest BCUT2D eigenvalue weighted by atomic mass is 16.5. The highest BCUT2D eigenvalue weighted by Gasteiger charge is 2.30. The Morgan fingerprint density at radius 2 is 1.96 bits per heavy atom. The monoisotopic (exact) mass is 374 g/mol. The van der Waals surface area contributed by atoms with E-state index in [0.29, 0.717) is 23.2 Å². The van der Waals surface area contributed by atoms with Crippen molar-refractivity contribution in [1.29, 1.82) is 0 Å². The lowest BCUT2D eigenvalue weighted by atomic mass is 10.3. The van der Waals surface area contributed by atoms with Crippen LogP contribution in [0.25, 0.3) is 22.7 Å². The van der Waals surface area contributed by atoms with Crippen molar-refractivity contribution in [2.45, 2.75) is 18.9 Å². The van der Waals surface area contributed by atoms with Crippen LogP contribution in [-0.2, 0) is 0 Å². The largest absolute Gasteiger partial charge is 0.495 e. The summed E-state index contributed by atoms with van der Waals surface area (Å²) < 4.78 is 7.51. The molecule has 0 aliphatic heterocycles. The second kappa shape index (κ2) is 6.45. The standard InChI is InChI=1S/C19H18N8O/c1-28-15-5-3-2-4-12(15)25-19-22-10-14-17(26-19)27(11-6-7-11)16(23-14)13-8-9-21-18(20)24-13/h2-5,8-11H,6-7H2,1H3,(H2,20,21,24)(H,22,25,26). The van der Waals surface area contributed by atoms with Gasteiger partial charge in [-0.2, -0.15) is 4.98 Å². The average molecular weight is 374 g/mol. The van der Waals surface area contributed by atoms with Crippen LogP contribution >= 0.6 is 0 Å². The van der Waals surface area contributed by atoms with E-state index in [0.717, 1.165) is 35.8 Å². The molecule has 3 heterocycles. The zero-order valence-electron chi connectivity index (χ0n) is 15.2. The molecule has 0 unspecified atom stereocenters. The van der Waals surface area contributed by atoms with E-state index in [4.69, 9.17) is 20.4 Å². The van der Waals surface area contributed by atoms with E-state index in [-0.39, 0.29) is 5.95 Å². The molecule has 1 fully saturated rings. The van der Waals surface area contributed by atoms with Crippen molar-refractivity contribution in [3.05, 3.63) is 42.7 Å². The average Bonchev–Trinajstić information content (AvgIpc) is 3.48. The van der Waals surface area contributed by atoms with E-state index < -0.39 is 0 Å². The van der Waals surface area contributed by atoms with E-state index >= 15 is 0 Å². The zero-order chi connectivity index (χ0) is 19.1. The summed E-state index contributed by atoms with van der Waals surface area (Å²) >= 11 is 0. The van der Waals surface area contributed by atoms with E-state index in [1.807, 2.05) is 24.3 Å². The number of fused-ring (bicyclic) bond motifs is 1. The molecule has 1 saturated carbocycles. The Kier molecular flexibility index (Phi) is 3.78. The van der Waals surface area contributed by atoms with E-state index in [1.54, 1.807) is 25.6 Å². The first-order chi connectivity index (χ1) is 13.7. The summed E-state index contributed by atoms with van der Waals surface area (Å²) in [5.41, 5.74) is 8.71.